The Kier molecular flexibility index (Phi) is 4.23. The molecule has 1 saturated heterocycles. The van der Waals surface area contributed by atoms with E-state index in [1.165, 1.54) is 11.8 Å². The van der Waals surface area contributed by atoms with Crippen LogP contribution in [-0.2, 0) is 14.6 Å². The first-order valence-electron chi connectivity index (χ1n) is 6.14. The molecule has 1 unspecified atom stereocenters. The van der Waals surface area contributed by atoms with Crippen LogP contribution >= 0.6 is 11.8 Å². The van der Waals surface area contributed by atoms with E-state index in [4.69, 9.17) is 5.11 Å². The van der Waals surface area contributed by atoms with Crippen molar-refractivity contribution in [2.75, 3.05) is 30.4 Å². The van der Waals surface area contributed by atoms with E-state index >= 15 is 0 Å². The summed E-state index contributed by atoms with van der Waals surface area (Å²) >= 11 is 1.42. The monoisotopic (exact) mass is 293 g/mol. The van der Waals surface area contributed by atoms with E-state index in [1.54, 1.807) is 0 Å². The van der Waals surface area contributed by atoms with E-state index in [1.807, 2.05) is 0 Å². The molecule has 1 aliphatic heterocycles. The van der Waals surface area contributed by atoms with Gasteiger partial charge >= 0.3 is 0 Å². The Morgan fingerprint density at radius 3 is 2.67 bits per heavy atom. The number of amides is 1. The highest BCUT2D eigenvalue weighted by Crippen LogP contribution is 2.44. The number of sulfone groups is 1. The molecule has 1 amide bonds. The van der Waals surface area contributed by atoms with Crippen molar-refractivity contribution in [3.05, 3.63) is 0 Å². The standard InChI is InChI=1S/C11H19NO4S2/c13-8-11(2-3-11)7-12-10(14)5-17-9-1-4-18(15,16)6-9/h9,13H,1-8H2,(H,12,14). The van der Waals surface area contributed by atoms with Crippen LogP contribution in [0.5, 0.6) is 0 Å². The number of aliphatic hydroxyl groups is 1. The molecule has 0 spiro atoms. The summed E-state index contributed by atoms with van der Waals surface area (Å²) in [5.74, 6) is 0.691. The number of carbonyl (C=O) groups is 1. The molecular weight excluding hydrogens is 274 g/mol. The second kappa shape index (κ2) is 5.38. The van der Waals surface area contributed by atoms with Gasteiger partial charge in [-0.25, -0.2) is 8.42 Å². The molecule has 1 saturated carbocycles. The van der Waals surface area contributed by atoms with Crippen LogP contribution in [0.1, 0.15) is 19.3 Å². The summed E-state index contributed by atoms with van der Waals surface area (Å²) in [5.41, 5.74) is -0.0724. The fourth-order valence-electron chi connectivity index (χ4n) is 1.99. The Hall–Kier alpha value is -0.270. The lowest BCUT2D eigenvalue weighted by atomic mass is 10.1. The van der Waals surface area contributed by atoms with Gasteiger partial charge in [-0.3, -0.25) is 4.79 Å². The molecular formula is C11H19NO4S2. The summed E-state index contributed by atoms with van der Waals surface area (Å²) in [7, 11) is -2.86. The van der Waals surface area contributed by atoms with Crippen molar-refractivity contribution < 1.29 is 18.3 Å². The normalized spacial score (nSPS) is 27.9. The fourth-order valence-corrected chi connectivity index (χ4v) is 5.46. The van der Waals surface area contributed by atoms with Gasteiger partial charge < -0.3 is 10.4 Å². The maximum atomic E-state index is 11.6. The molecule has 0 bridgehead atoms. The topological polar surface area (TPSA) is 83.5 Å². The smallest absolute Gasteiger partial charge is 0.230 e. The highest BCUT2D eigenvalue weighted by molar-refractivity contribution is 8.02. The Morgan fingerprint density at radius 1 is 1.44 bits per heavy atom. The molecule has 0 aromatic carbocycles. The highest BCUT2D eigenvalue weighted by atomic mass is 32.2. The summed E-state index contributed by atoms with van der Waals surface area (Å²) in [6.45, 7) is 0.660. The quantitative estimate of drug-likeness (QED) is 0.708. The third-order valence-corrected chi connectivity index (χ3v) is 6.88. The third kappa shape index (κ3) is 3.86. The van der Waals surface area contributed by atoms with Crippen LogP contribution in [0.2, 0.25) is 0 Å². The largest absolute Gasteiger partial charge is 0.396 e. The van der Waals surface area contributed by atoms with E-state index in [-0.39, 0.29) is 34.7 Å². The minimum absolute atomic E-state index is 0.0634. The molecule has 18 heavy (non-hydrogen) atoms. The van der Waals surface area contributed by atoms with Crippen molar-refractivity contribution >= 4 is 27.5 Å². The number of nitrogens with one attached hydrogen (secondary N) is 1. The second-order valence-corrected chi connectivity index (χ2v) is 8.79. The molecule has 2 N–H and O–H groups in total. The van der Waals surface area contributed by atoms with Gasteiger partial charge in [0, 0.05) is 17.2 Å². The molecule has 7 heteroatoms. The van der Waals surface area contributed by atoms with Gasteiger partial charge in [0.25, 0.3) is 0 Å². The molecule has 2 rings (SSSR count). The Labute approximate surface area is 112 Å². The average Bonchev–Trinajstić information content (AvgIpc) is 3.03. The lowest BCUT2D eigenvalue weighted by molar-refractivity contribution is -0.118. The summed E-state index contributed by atoms with van der Waals surface area (Å²) in [6.07, 6.45) is 2.59. The zero-order valence-corrected chi connectivity index (χ0v) is 11.9. The van der Waals surface area contributed by atoms with Gasteiger partial charge in [0.1, 0.15) is 0 Å². The first-order chi connectivity index (χ1) is 8.45. The molecule has 104 valence electrons. The van der Waals surface area contributed by atoms with E-state index in [0.29, 0.717) is 18.7 Å². The van der Waals surface area contributed by atoms with Crippen molar-refractivity contribution in [2.45, 2.75) is 24.5 Å². The van der Waals surface area contributed by atoms with Crippen LogP contribution in [0.4, 0.5) is 0 Å². The molecule has 2 fully saturated rings. The number of hydrogen-bond acceptors (Lipinski definition) is 5. The number of carbonyl (C=O) groups excluding carboxylic acids is 1. The zero-order chi connectivity index (χ0) is 13.2. The molecule has 1 heterocycles. The number of aliphatic hydroxyl groups excluding tert-OH is 1. The van der Waals surface area contributed by atoms with Crippen LogP contribution in [-0.4, -0.2) is 55.1 Å². The fraction of sp³-hybridized carbons (Fsp3) is 0.909. The maximum absolute atomic E-state index is 11.6. The van der Waals surface area contributed by atoms with Crippen molar-refractivity contribution in [1.82, 2.24) is 5.32 Å². The van der Waals surface area contributed by atoms with E-state index < -0.39 is 9.84 Å². The summed E-state index contributed by atoms with van der Waals surface area (Å²) in [4.78, 5) is 11.6. The summed E-state index contributed by atoms with van der Waals surface area (Å²) < 4.78 is 22.5. The SMILES string of the molecule is O=C(CSC1CCS(=O)(=O)C1)NCC1(CO)CC1. The van der Waals surface area contributed by atoms with Crippen LogP contribution in [0, 0.1) is 5.41 Å². The summed E-state index contributed by atoms with van der Waals surface area (Å²) in [5, 5.41) is 12.0. The second-order valence-electron chi connectivity index (χ2n) is 5.27. The van der Waals surface area contributed by atoms with Crippen LogP contribution in [0.25, 0.3) is 0 Å². The third-order valence-electron chi connectivity index (χ3n) is 3.59. The lowest BCUT2D eigenvalue weighted by Gasteiger charge is -2.13. The highest BCUT2D eigenvalue weighted by Gasteiger charge is 2.42. The van der Waals surface area contributed by atoms with E-state index in [9.17, 15) is 13.2 Å². The molecule has 1 atom stereocenters. The summed E-state index contributed by atoms with van der Waals surface area (Å²) in [6, 6.07) is 0. The molecule has 0 aromatic rings. The van der Waals surface area contributed by atoms with Gasteiger partial charge in [-0.05, 0) is 19.3 Å². The zero-order valence-electron chi connectivity index (χ0n) is 10.2. The predicted octanol–water partition coefficient (Wildman–Crippen LogP) is -0.205. The number of thioether (sulfide) groups is 1. The first-order valence-corrected chi connectivity index (χ1v) is 9.01. The van der Waals surface area contributed by atoms with Gasteiger partial charge in [0.15, 0.2) is 9.84 Å². The van der Waals surface area contributed by atoms with E-state index in [0.717, 1.165) is 12.8 Å². The van der Waals surface area contributed by atoms with Gasteiger partial charge in [-0.2, -0.15) is 0 Å². The lowest BCUT2D eigenvalue weighted by Crippen LogP contribution is -2.33. The molecule has 2 aliphatic rings. The van der Waals surface area contributed by atoms with Crippen LogP contribution in [0.3, 0.4) is 0 Å². The van der Waals surface area contributed by atoms with Crippen molar-refractivity contribution in [3.63, 3.8) is 0 Å². The Morgan fingerprint density at radius 2 is 2.17 bits per heavy atom. The first kappa shape index (κ1) is 14.1. The van der Waals surface area contributed by atoms with Crippen molar-refractivity contribution in [3.8, 4) is 0 Å². The molecule has 1 aliphatic carbocycles. The van der Waals surface area contributed by atoms with Crippen LogP contribution < -0.4 is 5.32 Å². The molecule has 0 aromatic heterocycles. The van der Waals surface area contributed by atoms with Gasteiger partial charge in [-0.15, -0.1) is 11.8 Å². The van der Waals surface area contributed by atoms with Crippen molar-refractivity contribution in [1.29, 1.82) is 0 Å². The Bertz CT molecular complexity index is 417. The number of rotatable bonds is 6. The van der Waals surface area contributed by atoms with Gasteiger partial charge in [0.2, 0.25) is 5.91 Å². The Balaban J connectivity index is 1.63. The maximum Gasteiger partial charge on any atom is 0.230 e. The molecule has 5 nitrogen and oxygen atoms in total. The minimum atomic E-state index is -2.86. The average molecular weight is 293 g/mol. The molecule has 0 radical (unpaired) electrons. The van der Waals surface area contributed by atoms with Crippen molar-refractivity contribution in [2.24, 2.45) is 5.41 Å². The van der Waals surface area contributed by atoms with Gasteiger partial charge in [-0.1, -0.05) is 0 Å². The van der Waals surface area contributed by atoms with E-state index in [2.05, 4.69) is 5.32 Å². The number of hydrogen-bond donors (Lipinski definition) is 2. The van der Waals surface area contributed by atoms with Gasteiger partial charge in [0.05, 0.1) is 23.9 Å². The minimum Gasteiger partial charge on any atom is -0.396 e. The van der Waals surface area contributed by atoms with Crippen LogP contribution in [0.15, 0.2) is 0 Å². The predicted molar refractivity (Wildman–Crippen MR) is 71.3 cm³/mol.